The highest BCUT2D eigenvalue weighted by molar-refractivity contribution is 7.92. The van der Waals surface area contributed by atoms with Crippen molar-refractivity contribution in [3.05, 3.63) is 95.8 Å². The summed E-state index contributed by atoms with van der Waals surface area (Å²) in [6, 6.07) is 19.4. The number of amides is 2. The van der Waals surface area contributed by atoms with E-state index >= 15 is 0 Å². The molecular weight excluding hydrogens is 469 g/mol. The van der Waals surface area contributed by atoms with Gasteiger partial charge >= 0.3 is 0 Å². The number of hydrogen-bond donors (Lipinski definition) is 1. The normalized spacial score (nSPS) is 12.0. The molecule has 0 saturated heterocycles. The Morgan fingerprint density at radius 3 is 2.23 bits per heavy atom. The average Bonchev–Trinajstić information content (AvgIpc) is 2.86. The Morgan fingerprint density at radius 2 is 1.63 bits per heavy atom. The van der Waals surface area contributed by atoms with Crippen molar-refractivity contribution in [3.63, 3.8) is 0 Å². The van der Waals surface area contributed by atoms with E-state index in [9.17, 15) is 22.4 Å². The van der Waals surface area contributed by atoms with Crippen LogP contribution in [0.25, 0.3) is 0 Å². The minimum Gasteiger partial charge on any atom is -0.357 e. The molecule has 0 aliphatic heterocycles. The number of carbonyl (C=O) groups excluding carboxylic acids is 2. The molecule has 35 heavy (non-hydrogen) atoms. The highest BCUT2D eigenvalue weighted by Gasteiger charge is 2.32. The molecule has 0 bridgehead atoms. The summed E-state index contributed by atoms with van der Waals surface area (Å²) in [5.41, 5.74) is 1.75. The summed E-state index contributed by atoms with van der Waals surface area (Å²) in [5, 5.41) is 2.52. The van der Waals surface area contributed by atoms with Crippen LogP contribution in [-0.4, -0.2) is 44.8 Å². The Balaban J connectivity index is 2.01. The summed E-state index contributed by atoms with van der Waals surface area (Å²) < 4.78 is 41.6. The molecule has 0 aliphatic rings. The van der Waals surface area contributed by atoms with Crippen LogP contribution in [0.15, 0.2) is 83.8 Å². The smallest absolute Gasteiger partial charge is 0.264 e. The number of rotatable bonds is 9. The summed E-state index contributed by atoms with van der Waals surface area (Å²) in [6.07, 6.45) is 0. The van der Waals surface area contributed by atoms with Crippen LogP contribution in [0.4, 0.5) is 10.1 Å². The number of likely N-dealkylation sites (N-methyl/N-ethyl adjacent to an activating group) is 1. The molecule has 3 aromatic rings. The zero-order valence-corrected chi connectivity index (χ0v) is 20.6. The Labute approximate surface area is 205 Å². The predicted molar refractivity (Wildman–Crippen MR) is 133 cm³/mol. The van der Waals surface area contributed by atoms with E-state index in [4.69, 9.17) is 0 Å². The fourth-order valence-corrected chi connectivity index (χ4v) is 5.04. The first kappa shape index (κ1) is 25.9. The monoisotopic (exact) mass is 497 g/mol. The second kappa shape index (κ2) is 11.1. The van der Waals surface area contributed by atoms with Crippen LogP contribution in [0.3, 0.4) is 0 Å². The first-order valence-electron chi connectivity index (χ1n) is 11.0. The van der Waals surface area contributed by atoms with Gasteiger partial charge in [-0.05, 0) is 61.4 Å². The lowest BCUT2D eigenvalue weighted by Gasteiger charge is -2.31. The summed E-state index contributed by atoms with van der Waals surface area (Å²) in [7, 11) is -2.64. The summed E-state index contributed by atoms with van der Waals surface area (Å²) in [5.74, 6) is -1.41. The van der Waals surface area contributed by atoms with Gasteiger partial charge in [0.2, 0.25) is 11.8 Å². The number of anilines is 1. The molecule has 1 unspecified atom stereocenters. The topological polar surface area (TPSA) is 86.8 Å². The molecule has 2 amide bonds. The molecule has 0 spiro atoms. The molecule has 0 radical (unpaired) electrons. The second-order valence-corrected chi connectivity index (χ2v) is 9.96. The molecule has 1 N–H and O–H groups in total. The van der Waals surface area contributed by atoms with E-state index in [-0.39, 0.29) is 11.4 Å². The molecule has 0 saturated carbocycles. The third kappa shape index (κ3) is 6.24. The number of halogens is 1. The average molecular weight is 498 g/mol. The van der Waals surface area contributed by atoms with Gasteiger partial charge in [-0.1, -0.05) is 42.5 Å². The molecule has 0 heterocycles. The minimum absolute atomic E-state index is 0.000736. The van der Waals surface area contributed by atoms with Crippen molar-refractivity contribution in [2.75, 3.05) is 17.9 Å². The van der Waals surface area contributed by atoms with E-state index in [1.54, 1.807) is 43.3 Å². The number of nitrogens with zero attached hydrogens (tertiary/aromatic N) is 2. The lowest BCUT2D eigenvalue weighted by atomic mass is 10.1. The molecule has 3 rings (SSSR count). The Morgan fingerprint density at radius 1 is 0.971 bits per heavy atom. The SMILES string of the molecule is CNC(=O)C(C)N(Cc1ccc(F)cc1)C(=O)CN(c1cccc(C)c1)S(=O)(=O)c1ccccc1. The van der Waals surface area contributed by atoms with Crippen molar-refractivity contribution in [2.45, 2.75) is 31.3 Å². The fourth-order valence-electron chi connectivity index (χ4n) is 3.61. The quantitative estimate of drug-likeness (QED) is 0.490. The van der Waals surface area contributed by atoms with Gasteiger partial charge in [0.05, 0.1) is 10.6 Å². The molecule has 0 fully saturated rings. The molecule has 184 valence electrons. The van der Waals surface area contributed by atoms with Gasteiger partial charge in [0.15, 0.2) is 0 Å². The van der Waals surface area contributed by atoms with E-state index in [0.29, 0.717) is 11.3 Å². The van der Waals surface area contributed by atoms with Gasteiger partial charge in [-0.2, -0.15) is 0 Å². The van der Waals surface area contributed by atoms with Crippen molar-refractivity contribution >= 4 is 27.5 Å². The van der Waals surface area contributed by atoms with Gasteiger partial charge in [0, 0.05) is 13.6 Å². The third-order valence-electron chi connectivity index (χ3n) is 5.58. The van der Waals surface area contributed by atoms with Crippen LogP contribution < -0.4 is 9.62 Å². The van der Waals surface area contributed by atoms with E-state index in [2.05, 4.69) is 5.32 Å². The van der Waals surface area contributed by atoms with Crippen molar-refractivity contribution in [1.82, 2.24) is 10.2 Å². The van der Waals surface area contributed by atoms with Gasteiger partial charge in [-0.15, -0.1) is 0 Å². The molecule has 0 aliphatic carbocycles. The maximum Gasteiger partial charge on any atom is 0.264 e. The molecule has 1 atom stereocenters. The van der Waals surface area contributed by atoms with Gasteiger partial charge < -0.3 is 10.2 Å². The minimum atomic E-state index is -4.09. The third-order valence-corrected chi connectivity index (χ3v) is 7.37. The van der Waals surface area contributed by atoms with E-state index < -0.39 is 40.2 Å². The lowest BCUT2D eigenvalue weighted by Crippen LogP contribution is -2.50. The standard InChI is InChI=1S/C26H28FN3O4S/c1-19-8-7-9-23(16-19)30(35(33,34)24-10-5-4-6-11-24)18-25(31)29(20(2)26(32)28-3)17-21-12-14-22(27)15-13-21/h4-16,20H,17-18H2,1-3H3,(H,28,32). The molecular formula is C26H28FN3O4S. The number of carbonyl (C=O) groups is 2. The summed E-state index contributed by atoms with van der Waals surface area (Å²) in [6.45, 7) is 2.86. The zero-order valence-electron chi connectivity index (χ0n) is 19.8. The Bertz CT molecular complexity index is 1280. The van der Waals surface area contributed by atoms with Crippen molar-refractivity contribution < 1.29 is 22.4 Å². The molecule has 3 aromatic carbocycles. The first-order valence-corrected chi connectivity index (χ1v) is 12.5. The van der Waals surface area contributed by atoms with Crippen molar-refractivity contribution in [3.8, 4) is 0 Å². The zero-order chi connectivity index (χ0) is 25.6. The van der Waals surface area contributed by atoms with E-state index in [0.717, 1.165) is 9.87 Å². The number of benzene rings is 3. The van der Waals surface area contributed by atoms with Crippen LogP contribution in [0.5, 0.6) is 0 Å². The van der Waals surface area contributed by atoms with Gasteiger partial charge in [0.1, 0.15) is 18.4 Å². The number of aryl methyl sites for hydroxylation is 1. The highest BCUT2D eigenvalue weighted by atomic mass is 32.2. The van der Waals surface area contributed by atoms with Gasteiger partial charge in [-0.3, -0.25) is 13.9 Å². The molecule has 7 nitrogen and oxygen atoms in total. The van der Waals surface area contributed by atoms with Crippen LogP contribution >= 0.6 is 0 Å². The van der Waals surface area contributed by atoms with Crippen LogP contribution in [0.2, 0.25) is 0 Å². The largest absolute Gasteiger partial charge is 0.357 e. The predicted octanol–water partition coefficient (Wildman–Crippen LogP) is 3.49. The van der Waals surface area contributed by atoms with Gasteiger partial charge in [0.25, 0.3) is 10.0 Å². The molecule has 0 aromatic heterocycles. The first-order chi connectivity index (χ1) is 16.6. The maximum absolute atomic E-state index is 13.6. The number of sulfonamides is 1. The van der Waals surface area contributed by atoms with Gasteiger partial charge in [-0.25, -0.2) is 12.8 Å². The van der Waals surface area contributed by atoms with Crippen molar-refractivity contribution in [2.24, 2.45) is 0 Å². The van der Waals surface area contributed by atoms with Crippen LogP contribution in [0, 0.1) is 12.7 Å². The number of hydrogen-bond acceptors (Lipinski definition) is 4. The maximum atomic E-state index is 13.6. The van der Waals surface area contributed by atoms with E-state index in [1.165, 1.54) is 48.3 Å². The number of nitrogens with one attached hydrogen (secondary N) is 1. The van der Waals surface area contributed by atoms with E-state index in [1.807, 2.05) is 13.0 Å². The van der Waals surface area contributed by atoms with Crippen LogP contribution in [0.1, 0.15) is 18.1 Å². The lowest BCUT2D eigenvalue weighted by molar-refractivity contribution is -0.139. The van der Waals surface area contributed by atoms with Crippen molar-refractivity contribution in [1.29, 1.82) is 0 Å². The van der Waals surface area contributed by atoms with Crippen LogP contribution in [-0.2, 0) is 26.2 Å². The second-order valence-electron chi connectivity index (χ2n) is 8.10. The highest BCUT2D eigenvalue weighted by Crippen LogP contribution is 2.25. The molecule has 9 heteroatoms. The summed E-state index contributed by atoms with van der Waals surface area (Å²) >= 11 is 0. The fraction of sp³-hybridized carbons (Fsp3) is 0.231. The summed E-state index contributed by atoms with van der Waals surface area (Å²) in [4.78, 5) is 27.3. The Hall–Kier alpha value is -3.72. The Kier molecular flexibility index (Phi) is 8.24.